The number of carbonyl (C=O) groups is 2. The molecular weight excluding hydrogens is 320 g/mol. The van der Waals surface area contributed by atoms with Gasteiger partial charge in [-0.2, -0.15) is 0 Å². The van der Waals surface area contributed by atoms with Crippen LogP contribution in [-0.2, 0) is 4.79 Å². The number of hydrogen-bond acceptors (Lipinski definition) is 5. The smallest absolute Gasteiger partial charge is 0.287 e. The van der Waals surface area contributed by atoms with Crippen LogP contribution in [0, 0.1) is 0 Å². The Hall–Kier alpha value is -1.38. The van der Waals surface area contributed by atoms with Crippen molar-refractivity contribution >= 4 is 27.7 Å². The number of halogens is 1. The van der Waals surface area contributed by atoms with E-state index in [-0.39, 0.29) is 44.5 Å². The van der Waals surface area contributed by atoms with Crippen LogP contribution in [0.15, 0.2) is 21.2 Å². The molecule has 1 aromatic rings. The molecule has 1 aromatic heterocycles. The molecule has 3 N–H and O–H groups in total. The maximum atomic E-state index is 11.7. The van der Waals surface area contributed by atoms with Gasteiger partial charge in [-0.05, 0) is 28.1 Å². The van der Waals surface area contributed by atoms with E-state index in [1.807, 2.05) is 0 Å². The maximum Gasteiger partial charge on any atom is 0.287 e. The quantitative estimate of drug-likeness (QED) is 0.628. The maximum absolute atomic E-state index is 11.7. The molecule has 19 heavy (non-hydrogen) atoms. The summed E-state index contributed by atoms with van der Waals surface area (Å²) in [5.74, 6) is -0.801. The first-order chi connectivity index (χ1) is 9.08. The molecule has 1 rings (SSSR count). The van der Waals surface area contributed by atoms with E-state index in [4.69, 9.17) is 14.6 Å². The largest absolute Gasteiger partial charge is 0.444 e. The van der Waals surface area contributed by atoms with Crippen LogP contribution in [0.2, 0.25) is 0 Å². The summed E-state index contributed by atoms with van der Waals surface area (Å²) in [5, 5.41) is 20.0. The molecule has 0 saturated carbocycles. The van der Waals surface area contributed by atoms with Crippen LogP contribution < -0.4 is 5.32 Å². The monoisotopic (exact) mass is 334 g/mol. The lowest BCUT2D eigenvalue weighted by atomic mass is 10.4. The fraction of sp³-hybridized carbons (Fsp3) is 0.455. The fourth-order valence-electron chi connectivity index (χ4n) is 1.39. The number of aliphatic hydroxyl groups excluding tert-OH is 2. The third-order valence-corrected chi connectivity index (χ3v) is 2.72. The predicted octanol–water partition coefficient (Wildman–Crippen LogP) is -0.415. The third kappa shape index (κ3) is 5.01. The van der Waals surface area contributed by atoms with Crippen molar-refractivity contribution in [2.24, 2.45) is 0 Å². The molecule has 0 unspecified atom stereocenters. The van der Waals surface area contributed by atoms with Gasteiger partial charge < -0.3 is 24.8 Å². The molecule has 0 fully saturated rings. The van der Waals surface area contributed by atoms with E-state index in [2.05, 4.69) is 21.2 Å². The van der Waals surface area contributed by atoms with Crippen LogP contribution in [0.4, 0.5) is 0 Å². The Morgan fingerprint density at radius 1 is 1.26 bits per heavy atom. The zero-order valence-corrected chi connectivity index (χ0v) is 11.7. The van der Waals surface area contributed by atoms with Crippen molar-refractivity contribution in [1.29, 1.82) is 0 Å². The number of furan rings is 1. The molecule has 106 valence electrons. The van der Waals surface area contributed by atoms with E-state index in [9.17, 15) is 9.59 Å². The molecule has 0 aromatic carbocycles. The molecule has 0 aliphatic carbocycles. The van der Waals surface area contributed by atoms with Crippen LogP contribution in [-0.4, -0.2) is 59.8 Å². The van der Waals surface area contributed by atoms with Crippen molar-refractivity contribution in [2.75, 3.05) is 32.8 Å². The number of nitrogens with one attached hydrogen (secondary N) is 1. The van der Waals surface area contributed by atoms with Crippen LogP contribution in [0.5, 0.6) is 0 Å². The zero-order valence-electron chi connectivity index (χ0n) is 10.1. The Balaban J connectivity index is 2.46. The topological polar surface area (TPSA) is 103 Å². The zero-order chi connectivity index (χ0) is 14.3. The first-order valence-corrected chi connectivity index (χ1v) is 6.40. The van der Waals surface area contributed by atoms with Gasteiger partial charge in [0.15, 0.2) is 10.4 Å². The third-order valence-electron chi connectivity index (χ3n) is 2.29. The lowest BCUT2D eigenvalue weighted by Crippen LogP contribution is -2.42. The number of aliphatic hydroxyl groups is 2. The molecule has 1 heterocycles. The van der Waals surface area contributed by atoms with E-state index in [1.54, 1.807) is 6.07 Å². The Bertz CT molecular complexity index is 428. The van der Waals surface area contributed by atoms with Gasteiger partial charge in [0.25, 0.3) is 5.91 Å². The number of hydrogen-bond donors (Lipinski definition) is 3. The fourth-order valence-corrected chi connectivity index (χ4v) is 1.70. The van der Waals surface area contributed by atoms with Gasteiger partial charge in [0.05, 0.1) is 19.8 Å². The van der Waals surface area contributed by atoms with Crippen LogP contribution in [0.3, 0.4) is 0 Å². The summed E-state index contributed by atoms with van der Waals surface area (Å²) in [7, 11) is 0. The normalized spacial score (nSPS) is 10.3. The van der Waals surface area contributed by atoms with Gasteiger partial charge in [-0.1, -0.05) is 0 Å². The molecule has 2 amide bonds. The molecule has 0 saturated heterocycles. The van der Waals surface area contributed by atoms with E-state index >= 15 is 0 Å². The van der Waals surface area contributed by atoms with Gasteiger partial charge >= 0.3 is 0 Å². The highest BCUT2D eigenvalue weighted by molar-refractivity contribution is 9.10. The molecule has 0 aliphatic rings. The van der Waals surface area contributed by atoms with Gasteiger partial charge in [0, 0.05) is 13.1 Å². The van der Waals surface area contributed by atoms with Crippen molar-refractivity contribution in [3.8, 4) is 0 Å². The minimum Gasteiger partial charge on any atom is -0.444 e. The Morgan fingerprint density at radius 3 is 2.37 bits per heavy atom. The summed E-state index contributed by atoms with van der Waals surface area (Å²) in [6.07, 6.45) is 0. The lowest BCUT2D eigenvalue weighted by molar-refractivity contribution is -0.131. The summed E-state index contributed by atoms with van der Waals surface area (Å²) in [6.45, 7) is -0.407. The molecule has 0 atom stereocenters. The van der Waals surface area contributed by atoms with Gasteiger partial charge in [-0.25, -0.2) is 0 Å². The Labute approximate surface area is 118 Å². The number of nitrogens with zero attached hydrogens (tertiary/aromatic N) is 1. The van der Waals surface area contributed by atoms with E-state index < -0.39 is 5.91 Å². The molecule has 0 aliphatic heterocycles. The van der Waals surface area contributed by atoms with Crippen molar-refractivity contribution in [1.82, 2.24) is 10.2 Å². The van der Waals surface area contributed by atoms with Gasteiger partial charge in [-0.15, -0.1) is 0 Å². The van der Waals surface area contributed by atoms with Crippen molar-refractivity contribution in [3.63, 3.8) is 0 Å². The molecule has 7 nitrogen and oxygen atoms in total. The summed E-state index contributed by atoms with van der Waals surface area (Å²) >= 11 is 3.07. The second-order valence-electron chi connectivity index (χ2n) is 3.61. The lowest BCUT2D eigenvalue weighted by Gasteiger charge is -2.20. The number of carbonyl (C=O) groups excluding carboxylic acids is 2. The van der Waals surface area contributed by atoms with Crippen LogP contribution in [0.25, 0.3) is 0 Å². The second-order valence-corrected chi connectivity index (χ2v) is 4.40. The van der Waals surface area contributed by atoms with E-state index in [0.29, 0.717) is 4.67 Å². The minimum atomic E-state index is -0.507. The van der Waals surface area contributed by atoms with Gasteiger partial charge in [-0.3, -0.25) is 9.59 Å². The second kappa shape index (κ2) is 7.93. The summed E-state index contributed by atoms with van der Waals surface area (Å²) < 4.78 is 5.46. The first kappa shape index (κ1) is 15.7. The highest BCUT2D eigenvalue weighted by Crippen LogP contribution is 2.13. The predicted molar refractivity (Wildman–Crippen MR) is 69.5 cm³/mol. The van der Waals surface area contributed by atoms with E-state index in [1.165, 1.54) is 11.0 Å². The number of rotatable bonds is 7. The molecule has 0 bridgehead atoms. The summed E-state index contributed by atoms with van der Waals surface area (Å²) in [5.41, 5.74) is 0. The minimum absolute atomic E-state index is 0.0931. The molecule has 0 spiro atoms. The first-order valence-electron chi connectivity index (χ1n) is 5.61. The SMILES string of the molecule is O=C(NCC(=O)N(CCO)CCO)c1ccc(Br)o1. The van der Waals surface area contributed by atoms with Gasteiger partial charge in [0.2, 0.25) is 5.91 Å². The standard InChI is InChI=1S/C11H15BrN2O5/c12-9-2-1-8(19-9)11(18)13-7-10(17)14(3-5-15)4-6-16/h1-2,15-16H,3-7H2,(H,13,18). The average molecular weight is 335 g/mol. The highest BCUT2D eigenvalue weighted by Gasteiger charge is 2.15. The molecule has 0 radical (unpaired) electrons. The Kier molecular flexibility index (Phi) is 6.54. The summed E-state index contributed by atoms with van der Waals surface area (Å²) in [4.78, 5) is 24.6. The highest BCUT2D eigenvalue weighted by atomic mass is 79.9. The Morgan fingerprint density at radius 2 is 1.89 bits per heavy atom. The van der Waals surface area contributed by atoms with E-state index in [0.717, 1.165) is 0 Å². The van der Waals surface area contributed by atoms with Gasteiger partial charge in [0.1, 0.15) is 0 Å². The number of amides is 2. The summed E-state index contributed by atoms with van der Waals surface area (Å²) in [6, 6.07) is 3.05. The average Bonchev–Trinajstić information content (AvgIpc) is 2.82. The van der Waals surface area contributed by atoms with Crippen LogP contribution in [0.1, 0.15) is 10.6 Å². The molecular formula is C11H15BrN2O5. The van der Waals surface area contributed by atoms with Crippen molar-refractivity contribution in [2.45, 2.75) is 0 Å². The van der Waals surface area contributed by atoms with Crippen molar-refractivity contribution in [3.05, 3.63) is 22.6 Å². The molecule has 8 heteroatoms. The van der Waals surface area contributed by atoms with Crippen molar-refractivity contribution < 1.29 is 24.2 Å². The van der Waals surface area contributed by atoms with Crippen LogP contribution >= 0.6 is 15.9 Å².